The number of carbonyl (C=O) groups excluding carboxylic acids is 2. The Kier molecular flexibility index (Phi) is 12.1. The Balaban J connectivity index is 1.93. The highest BCUT2D eigenvalue weighted by Crippen LogP contribution is 2.28. The summed E-state index contributed by atoms with van der Waals surface area (Å²) in [7, 11) is -2.15. The molecule has 0 heterocycles. The van der Waals surface area contributed by atoms with E-state index >= 15 is 0 Å². The fraction of sp³-hybridized carbons (Fsp3) is 0.355. The van der Waals surface area contributed by atoms with Crippen molar-refractivity contribution in [2.45, 2.75) is 51.7 Å². The average molecular weight is 635 g/mol. The number of nitrogens with one attached hydrogen (secondary N) is 1. The first-order valence-corrected chi connectivity index (χ1v) is 16.2. The Morgan fingerprint density at radius 1 is 0.952 bits per heavy atom. The molecule has 0 spiro atoms. The van der Waals surface area contributed by atoms with E-state index in [-0.39, 0.29) is 50.2 Å². The van der Waals surface area contributed by atoms with Gasteiger partial charge in [-0.2, -0.15) is 0 Å². The molecule has 0 saturated heterocycles. The maximum Gasteiger partial charge on any atom is 0.243 e. The van der Waals surface area contributed by atoms with Crippen LogP contribution in [0.2, 0.25) is 10.0 Å². The van der Waals surface area contributed by atoms with Gasteiger partial charge in [-0.25, -0.2) is 8.42 Å². The molecule has 3 rings (SSSR count). The van der Waals surface area contributed by atoms with Crippen LogP contribution in [0.3, 0.4) is 0 Å². The summed E-state index contributed by atoms with van der Waals surface area (Å²) in [6.45, 7) is 3.77. The zero-order chi connectivity index (χ0) is 30.9. The summed E-state index contributed by atoms with van der Waals surface area (Å²) in [5.41, 5.74) is 1.84. The molecule has 42 heavy (non-hydrogen) atoms. The average Bonchev–Trinajstić information content (AvgIpc) is 2.93. The summed E-state index contributed by atoms with van der Waals surface area (Å²) >= 11 is 13.0. The quantitative estimate of drug-likeness (QED) is 0.245. The molecule has 0 aliphatic heterocycles. The molecule has 226 valence electrons. The first-order chi connectivity index (χ1) is 19.9. The number of amides is 2. The predicted molar refractivity (Wildman–Crippen MR) is 169 cm³/mol. The highest BCUT2D eigenvalue weighted by atomic mass is 35.5. The van der Waals surface area contributed by atoms with Crippen LogP contribution in [-0.4, -0.2) is 57.1 Å². The molecular formula is C31H37Cl2N3O5S. The van der Waals surface area contributed by atoms with E-state index in [1.165, 1.54) is 16.3 Å². The first-order valence-electron chi connectivity index (χ1n) is 13.6. The molecule has 3 aromatic carbocycles. The fourth-order valence-corrected chi connectivity index (χ4v) is 6.03. The van der Waals surface area contributed by atoms with Gasteiger partial charge in [-0.3, -0.25) is 13.9 Å². The van der Waals surface area contributed by atoms with Gasteiger partial charge in [-0.05, 0) is 50.1 Å². The monoisotopic (exact) mass is 633 g/mol. The third-order valence-corrected chi connectivity index (χ3v) is 8.49. The minimum atomic E-state index is -3.65. The Hall–Kier alpha value is -3.27. The SMILES string of the molecule is COc1cccc(N(CCCC(=O)N(Cc2c(Cl)cccc2Cl)[C@H](Cc2ccccc2)C(=O)NC(C)C)S(C)(=O)=O)c1. The standard InChI is InChI=1S/C31H37Cl2N3O5S/c1-22(2)34-31(38)29(19-23-11-6-5-7-12-23)35(21-26-27(32)15-9-16-28(26)33)30(37)17-10-18-36(42(4,39)40)24-13-8-14-25(20-24)41-3/h5-9,11-16,20,22,29H,10,17-19,21H2,1-4H3,(H,34,38)/t29-/m1/s1. The van der Waals surface area contributed by atoms with Crippen LogP contribution < -0.4 is 14.4 Å². The Morgan fingerprint density at radius 2 is 1.60 bits per heavy atom. The van der Waals surface area contributed by atoms with Crippen molar-refractivity contribution in [3.8, 4) is 5.75 Å². The lowest BCUT2D eigenvalue weighted by molar-refractivity contribution is -0.141. The first kappa shape index (κ1) is 33.2. The van der Waals surface area contributed by atoms with Crippen molar-refractivity contribution in [3.05, 3.63) is 94.0 Å². The molecule has 11 heteroatoms. The molecule has 0 aliphatic carbocycles. The Morgan fingerprint density at radius 3 is 2.19 bits per heavy atom. The fourth-order valence-electron chi connectivity index (χ4n) is 4.56. The van der Waals surface area contributed by atoms with Gasteiger partial charge >= 0.3 is 0 Å². The van der Waals surface area contributed by atoms with Crippen LogP contribution in [-0.2, 0) is 32.6 Å². The molecule has 0 radical (unpaired) electrons. The van der Waals surface area contributed by atoms with Gasteiger partial charge in [0.2, 0.25) is 21.8 Å². The zero-order valence-electron chi connectivity index (χ0n) is 24.2. The molecule has 0 bridgehead atoms. The lowest BCUT2D eigenvalue weighted by Gasteiger charge is -2.33. The number of hydrogen-bond donors (Lipinski definition) is 1. The topological polar surface area (TPSA) is 96.0 Å². The van der Waals surface area contributed by atoms with Crippen molar-refractivity contribution in [1.82, 2.24) is 10.2 Å². The number of carbonyl (C=O) groups is 2. The van der Waals surface area contributed by atoms with Crippen LogP contribution >= 0.6 is 23.2 Å². The molecule has 2 amide bonds. The highest BCUT2D eigenvalue weighted by Gasteiger charge is 2.31. The summed E-state index contributed by atoms with van der Waals surface area (Å²) in [6, 6.07) is 20.2. The van der Waals surface area contributed by atoms with Gasteiger partial charge in [0.05, 0.1) is 19.1 Å². The molecule has 0 saturated carbocycles. The van der Waals surface area contributed by atoms with Gasteiger partial charge in [-0.1, -0.05) is 65.7 Å². The number of ether oxygens (including phenoxy) is 1. The minimum Gasteiger partial charge on any atom is -0.497 e. The lowest BCUT2D eigenvalue weighted by atomic mass is 10.0. The van der Waals surface area contributed by atoms with Crippen molar-refractivity contribution in [2.75, 3.05) is 24.2 Å². The second-order valence-corrected chi connectivity index (χ2v) is 13.0. The molecule has 0 aromatic heterocycles. The largest absolute Gasteiger partial charge is 0.497 e. The number of halogens is 2. The van der Waals surface area contributed by atoms with Crippen LogP contribution in [0.5, 0.6) is 5.75 Å². The number of sulfonamides is 1. The van der Waals surface area contributed by atoms with Gasteiger partial charge in [-0.15, -0.1) is 0 Å². The van der Waals surface area contributed by atoms with E-state index in [2.05, 4.69) is 5.32 Å². The normalized spacial score (nSPS) is 12.1. The number of nitrogens with zero attached hydrogens (tertiary/aromatic N) is 2. The van der Waals surface area contributed by atoms with Crippen molar-refractivity contribution in [3.63, 3.8) is 0 Å². The van der Waals surface area contributed by atoms with E-state index in [0.717, 1.165) is 11.8 Å². The molecule has 0 fully saturated rings. The van der Waals surface area contributed by atoms with Gasteiger partial charge < -0.3 is 15.0 Å². The van der Waals surface area contributed by atoms with E-state index in [9.17, 15) is 18.0 Å². The van der Waals surface area contributed by atoms with Gasteiger partial charge in [0.15, 0.2) is 0 Å². The van der Waals surface area contributed by atoms with Crippen LogP contribution in [0, 0.1) is 0 Å². The molecule has 1 N–H and O–H groups in total. The predicted octanol–water partition coefficient (Wildman–Crippen LogP) is 5.71. The van der Waals surface area contributed by atoms with E-state index < -0.39 is 16.1 Å². The van der Waals surface area contributed by atoms with E-state index in [0.29, 0.717) is 27.0 Å². The lowest BCUT2D eigenvalue weighted by Crippen LogP contribution is -2.52. The summed E-state index contributed by atoms with van der Waals surface area (Å²) < 4.78 is 31.8. The van der Waals surface area contributed by atoms with Crippen molar-refractivity contribution >= 4 is 50.7 Å². The molecule has 8 nitrogen and oxygen atoms in total. The Labute approximate surface area is 258 Å². The molecule has 1 atom stereocenters. The third kappa shape index (κ3) is 9.37. The second-order valence-electron chi connectivity index (χ2n) is 10.2. The van der Waals surface area contributed by atoms with Crippen LogP contribution in [0.15, 0.2) is 72.8 Å². The highest BCUT2D eigenvalue weighted by molar-refractivity contribution is 7.92. The number of benzene rings is 3. The molecule has 3 aromatic rings. The number of rotatable bonds is 14. The minimum absolute atomic E-state index is 0.00598. The summed E-state index contributed by atoms with van der Waals surface area (Å²) in [4.78, 5) is 29.0. The smallest absolute Gasteiger partial charge is 0.243 e. The van der Waals surface area contributed by atoms with Gasteiger partial charge in [0, 0.05) is 53.6 Å². The summed E-state index contributed by atoms with van der Waals surface area (Å²) in [5.74, 6) is -0.121. The number of hydrogen-bond acceptors (Lipinski definition) is 5. The number of methoxy groups -OCH3 is 1. The third-order valence-electron chi connectivity index (χ3n) is 6.59. The van der Waals surface area contributed by atoms with Crippen molar-refractivity contribution < 1.29 is 22.7 Å². The Bertz CT molecular complexity index is 1450. The van der Waals surface area contributed by atoms with Gasteiger partial charge in [0.1, 0.15) is 11.8 Å². The summed E-state index contributed by atoms with van der Waals surface area (Å²) in [6.07, 6.45) is 1.58. The van der Waals surface area contributed by atoms with Crippen LogP contribution in [0.4, 0.5) is 5.69 Å². The zero-order valence-corrected chi connectivity index (χ0v) is 26.5. The van der Waals surface area contributed by atoms with Crippen LogP contribution in [0.1, 0.15) is 37.8 Å². The second kappa shape index (κ2) is 15.3. The maximum atomic E-state index is 13.9. The van der Waals surface area contributed by atoms with Crippen molar-refractivity contribution in [2.24, 2.45) is 0 Å². The van der Waals surface area contributed by atoms with E-state index in [4.69, 9.17) is 27.9 Å². The van der Waals surface area contributed by atoms with Gasteiger partial charge in [0.25, 0.3) is 0 Å². The van der Waals surface area contributed by atoms with Crippen molar-refractivity contribution in [1.29, 1.82) is 0 Å². The molecular weight excluding hydrogens is 597 g/mol. The maximum absolute atomic E-state index is 13.9. The summed E-state index contributed by atoms with van der Waals surface area (Å²) in [5, 5.41) is 3.70. The molecule has 0 unspecified atom stereocenters. The molecule has 0 aliphatic rings. The van der Waals surface area contributed by atoms with Crippen LogP contribution in [0.25, 0.3) is 0 Å². The number of anilines is 1. The van der Waals surface area contributed by atoms with E-state index in [1.54, 1.807) is 42.5 Å². The van der Waals surface area contributed by atoms with E-state index in [1.807, 2.05) is 44.2 Å².